The molecule has 0 bridgehead atoms. The number of aliphatic hydroxyl groups is 1. The predicted molar refractivity (Wildman–Crippen MR) is 143 cm³/mol. The molecule has 9 atom stereocenters. The Hall–Kier alpha value is -2.77. The highest BCUT2D eigenvalue weighted by molar-refractivity contribution is 6.21. The van der Waals surface area contributed by atoms with Crippen molar-refractivity contribution < 1.29 is 23.8 Å². The lowest BCUT2D eigenvalue weighted by molar-refractivity contribution is -0.139. The maximum absolute atomic E-state index is 11.4. The van der Waals surface area contributed by atoms with Gasteiger partial charge in [0.15, 0.2) is 0 Å². The van der Waals surface area contributed by atoms with E-state index in [1.807, 2.05) is 6.07 Å². The van der Waals surface area contributed by atoms with E-state index in [4.69, 9.17) is 9.15 Å². The van der Waals surface area contributed by atoms with Crippen LogP contribution in [-0.2, 0) is 4.74 Å². The molecule has 0 unspecified atom stereocenters. The Morgan fingerprint density at radius 1 is 0.872 bits per heavy atom. The van der Waals surface area contributed by atoms with Crippen molar-refractivity contribution in [1.29, 1.82) is 0 Å². The lowest BCUT2D eigenvalue weighted by Crippen LogP contribution is -2.58. The molecule has 3 heterocycles. The third kappa shape index (κ3) is 3.51. The number of fused-ring (bicyclic) bond motifs is 4. The van der Waals surface area contributed by atoms with Gasteiger partial charge in [-0.1, -0.05) is 26.0 Å². The van der Waals surface area contributed by atoms with Gasteiger partial charge in [0.25, 0.3) is 11.8 Å². The quantitative estimate of drug-likeness (QED) is 0.403. The molecule has 2 amide bonds. The zero-order chi connectivity index (χ0) is 27.2. The lowest BCUT2D eigenvalue weighted by Gasteiger charge is -2.61. The fourth-order valence-corrected chi connectivity index (χ4v) is 9.85. The summed E-state index contributed by atoms with van der Waals surface area (Å²) in [4.78, 5) is 33.3. The average molecular weight is 532 g/mol. The van der Waals surface area contributed by atoms with Gasteiger partial charge < -0.3 is 14.3 Å². The second kappa shape index (κ2) is 8.61. The molecular weight excluding hydrogens is 494 g/mol. The second-order valence-corrected chi connectivity index (χ2v) is 13.3. The molecular formula is C32H37NO6. The van der Waals surface area contributed by atoms with Gasteiger partial charge in [-0.05, 0) is 104 Å². The van der Waals surface area contributed by atoms with Gasteiger partial charge in [-0.15, -0.1) is 0 Å². The Balaban J connectivity index is 0.000000193. The van der Waals surface area contributed by atoms with Crippen LogP contribution < -0.4 is 10.9 Å². The van der Waals surface area contributed by atoms with Crippen LogP contribution in [0, 0.1) is 28.6 Å². The number of amides is 2. The van der Waals surface area contributed by atoms with Crippen LogP contribution in [0.25, 0.3) is 0 Å². The van der Waals surface area contributed by atoms with Gasteiger partial charge in [0.05, 0.1) is 29.6 Å². The van der Waals surface area contributed by atoms with Gasteiger partial charge in [0.2, 0.25) is 0 Å². The number of carbonyl (C=O) groups excluding carboxylic acids is 2. The van der Waals surface area contributed by atoms with Crippen LogP contribution in [0.5, 0.6) is 0 Å². The molecule has 7 nitrogen and oxygen atoms in total. The Morgan fingerprint density at radius 3 is 2.31 bits per heavy atom. The summed E-state index contributed by atoms with van der Waals surface area (Å²) in [6.07, 6.45) is 11.1. The number of benzene rings is 1. The number of hydrogen-bond donors (Lipinski definition) is 2. The average Bonchev–Trinajstić information content (AvgIpc) is 3.49. The fourth-order valence-electron chi connectivity index (χ4n) is 9.85. The summed E-state index contributed by atoms with van der Waals surface area (Å²) in [5.74, 6) is 1.88. The van der Waals surface area contributed by atoms with E-state index < -0.39 is 0 Å². The molecule has 2 N–H and O–H groups in total. The van der Waals surface area contributed by atoms with Crippen molar-refractivity contribution in [2.75, 3.05) is 0 Å². The first kappa shape index (κ1) is 25.2. The summed E-state index contributed by atoms with van der Waals surface area (Å²) in [6.45, 7) is 4.97. The number of hydrogen-bond acceptors (Lipinski definition) is 6. The molecule has 2 aromatic rings. The number of carbonyl (C=O) groups is 2. The predicted octanol–water partition coefficient (Wildman–Crippen LogP) is 4.83. The highest BCUT2D eigenvalue weighted by Crippen LogP contribution is 2.77. The van der Waals surface area contributed by atoms with Gasteiger partial charge >= 0.3 is 5.63 Å². The molecule has 8 rings (SSSR count). The van der Waals surface area contributed by atoms with Crippen molar-refractivity contribution in [3.8, 4) is 0 Å². The minimum absolute atomic E-state index is 0.0285. The van der Waals surface area contributed by atoms with E-state index >= 15 is 0 Å². The monoisotopic (exact) mass is 531 g/mol. The number of rotatable bonds is 1. The van der Waals surface area contributed by atoms with E-state index in [9.17, 15) is 19.5 Å². The number of epoxide rings is 1. The zero-order valence-electron chi connectivity index (χ0n) is 22.7. The molecule has 4 aliphatic carbocycles. The smallest absolute Gasteiger partial charge is 0.335 e. The molecule has 2 aliphatic heterocycles. The summed E-state index contributed by atoms with van der Waals surface area (Å²) < 4.78 is 11.8. The van der Waals surface area contributed by atoms with Crippen LogP contribution in [0.2, 0.25) is 0 Å². The van der Waals surface area contributed by atoms with E-state index in [2.05, 4.69) is 19.2 Å². The molecule has 0 radical (unpaired) electrons. The molecule has 39 heavy (non-hydrogen) atoms. The summed E-state index contributed by atoms with van der Waals surface area (Å²) in [7, 11) is 0. The van der Waals surface area contributed by atoms with Crippen molar-refractivity contribution in [3.63, 3.8) is 0 Å². The molecule has 206 valence electrons. The van der Waals surface area contributed by atoms with Crippen LogP contribution >= 0.6 is 0 Å². The van der Waals surface area contributed by atoms with E-state index in [0.29, 0.717) is 40.4 Å². The normalized spacial score (nSPS) is 43.1. The third-order valence-electron chi connectivity index (χ3n) is 11.8. The first-order valence-electron chi connectivity index (χ1n) is 14.6. The van der Waals surface area contributed by atoms with Gasteiger partial charge in [0.1, 0.15) is 5.60 Å². The molecule has 6 aliphatic rings. The van der Waals surface area contributed by atoms with Crippen molar-refractivity contribution in [3.05, 3.63) is 69.8 Å². The topological polar surface area (TPSA) is 109 Å². The largest absolute Gasteiger partial charge is 0.431 e. The number of ether oxygens (including phenoxy) is 1. The van der Waals surface area contributed by atoms with Crippen molar-refractivity contribution >= 4 is 11.8 Å². The van der Waals surface area contributed by atoms with E-state index in [1.54, 1.807) is 36.6 Å². The standard InChI is InChI=1S/C24H32O4.C8H5NO2/c1-22-9-7-16(25)11-15(22)4-5-18-17(22)8-10-23(2)19(12-20-24(18,23)28-20)14-3-6-21(26)27-13-14;10-7-5-3-1-2-4-6(5)8(11)9-7/h3,6,13,15-20,25H,4-5,7-12H2,1-2H3;1-4H,(H,9,10,11)/t15-,16+,17+,18-,19-,20-,22+,23-,24-;/m1./s1. The minimum Gasteiger partial charge on any atom is -0.431 e. The highest BCUT2D eigenvalue weighted by Gasteiger charge is 2.80. The Morgan fingerprint density at radius 2 is 1.62 bits per heavy atom. The van der Waals surface area contributed by atoms with Crippen LogP contribution in [-0.4, -0.2) is 34.7 Å². The zero-order valence-corrected chi connectivity index (χ0v) is 22.7. The number of aliphatic hydroxyl groups excluding tert-OH is 1. The molecule has 7 heteroatoms. The van der Waals surface area contributed by atoms with E-state index in [1.165, 1.54) is 37.7 Å². The van der Waals surface area contributed by atoms with E-state index in [-0.39, 0.29) is 34.6 Å². The first-order valence-corrected chi connectivity index (χ1v) is 14.6. The van der Waals surface area contributed by atoms with Gasteiger partial charge in [-0.3, -0.25) is 14.9 Å². The molecule has 5 fully saturated rings. The molecule has 1 aromatic heterocycles. The number of imide groups is 1. The Kier molecular flexibility index (Phi) is 5.57. The number of nitrogens with one attached hydrogen (secondary N) is 1. The Labute approximate surface area is 228 Å². The van der Waals surface area contributed by atoms with Crippen molar-refractivity contribution in [2.45, 2.75) is 88.9 Å². The molecule has 4 saturated carbocycles. The fraction of sp³-hybridized carbons (Fsp3) is 0.594. The summed E-state index contributed by atoms with van der Waals surface area (Å²) >= 11 is 0. The summed E-state index contributed by atoms with van der Waals surface area (Å²) in [5.41, 5.74) is 2.38. The maximum atomic E-state index is 11.4. The van der Waals surface area contributed by atoms with Crippen LogP contribution in [0.3, 0.4) is 0 Å². The van der Waals surface area contributed by atoms with Crippen LogP contribution in [0.4, 0.5) is 0 Å². The SMILES string of the molecule is C[C@]12CC[C@H](O)C[C@H]1CC[C@@H]1[C@@H]2CC[C@]2(C)[C@@H](c3ccc(=O)oc3)C[C@H]3O[C@]132.O=C1NC(=O)c2ccccc21. The van der Waals surface area contributed by atoms with Gasteiger partial charge in [0, 0.05) is 11.5 Å². The highest BCUT2D eigenvalue weighted by atomic mass is 16.6. The molecule has 1 spiro atoms. The van der Waals surface area contributed by atoms with Crippen molar-refractivity contribution in [2.24, 2.45) is 28.6 Å². The van der Waals surface area contributed by atoms with Gasteiger partial charge in [-0.25, -0.2) is 4.79 Å². The Bertz CT molecular complexity index is 1350. The third-order valence-corrected chi connectivity index (χ3v) is 11.8. The first-order chi connectivity index (χ1) is 18.7. The lowest BCUT2D eigenvalue weighted by atomic mass is 9.44. The van der Waals surface area contributed by atoms with Crippen LogP contribution in [0.1, 0.15) is 97.4 Å². The minimum atomic E-state index is -0.300. The molecule has 1 saturated heterocycles. The second-order valence-electron chi connectivity index (χ2n) is 13.3. The maximum Gasteiger partial charge on any atom is 0.335 e. The summed E-state index contributed by atoms with van der Waals surface area (Å²) in [5, 5.41) is 12.4. The van der Waals surface area contributed by atoms with Gasteiger partial charge in [-0.2, -0.15) is 0 Å². The van der Waals surface area contributed by atoms with Crippen LogP contribution in [0.15, 0.2) is 51.9 Å². The summed E-state index contributed by atoms with van der Waals surface area (Å²) in [6, 6.07) is 10.3. The van der Waals surface area contributed by atoms with E-state index in [0.717, 1.165) is 25.2 Å². The van der Waals surface area contributed by atoms with Crippen molar-refractivity contribution in [1.82, 2.24) is 5.32 Å². The molecule has 1 aromatic carbocycles.